The van der Waals surface area contributed by atoms with Crippen LogP contribution in [0.2, 0.25) is 0 Å². The van der Waals surface area contributed by atoms with Gasteiger partial charge in [-0.15, -0.1) is 5.10 Å². The molecular formula is C12H11N5OS. The zero-order chi connectivity index (χ0) is 13.4. The Morgan fingerprint density at radius 3 is 2.74 bits per heavy atom. The number of nitrogens with zero attached hydrogens (tertiary/aromatic N) is 3. The predicted molar refractivity (Wildman–Crippen MR) is 73.2 cm³/mol. The lowest BCUT2D eigenvalue weighted by Crippen LogP contribution is -2.02. The Morgan fingerprint density at radius 1 is 1.37 bits per heavy atom. The van der Waals surface area contributed by atoms with E-state index in [4.69, 9.17) is 15.6 Å². The number of fused-ring (bicyclic) bond motifs is 1. The maximum Gasteiger partial charge on any atom is 0.246 e. The highest BCUT2D eigenvalue weighted by molar-refractivity contribution is 8.13. The molecule has 0 saturated carbocycles. The number of aryl methyl sites for hydroxylation is 1. The molecule has 0 aliphatic carbocycles. The first-order valence-electron chi connectivity index (χ1n) is 5.57. The second-order valence-electron chi connectivity index (χ2n) is 3.95. The lowest BCUT2D eigenvalue weighted by molar-refractivity contribution is 0.617. The molecule has 3 rings (SSSR count). The van der Waals surface area contributed by atoms with Crippen molar-refractivity contribution in [3.05, 3.63) is 36.3 Å². The Morgan fingerprint density at radius 2 is 2.11 bits per heavy atom. The van der Waals surface area contributed by atoms with Gasteiger partial charge in [0.2, 0.25) is 11.6 Å². The molecule has 0 bridgehead atoms. The van der Waals surface area contributed by atoms with Gasteiger partial charge in [0, 0.05) is 10.5 Å². The van der Waals surface area contributed by atoms with Gasteiger partial charge in [-0.25, -0.2) is 4.98 Å². The largest absolute Gasteiger partial charge is 0.417 e. The molecule has 6 nitrogen and oxygen atoms in total. The van der Waals surface area contributed by atoms with Crippen LogP contribution in [0.15, 0.2) is 39.8 Å². The van der Waals surface area contributed by atoms with Gasteiger partial charge in [-0.3, -0.25) is 5.41 Å². The van der Waals surface area contributed by atoms with E-state index in [1.807, 2.05) is 31.2 Å². The predicted octanol–water partition coefficient (Wildman–Crippen LogP) is 2.28. The summed E-state index contributed by atoms with van der Waals surface area (Å²) in [6.07, 6.45) is 1.64. The summed E-state index contributed by atoms with van der Waals surface area (Å²) in [5, 5.41) is 11.6. The van der Waals surface area contributed by atoms with Crippen molar-refractivity contribution >= 4 is 22.6 Å². The van der Waals surface area contributed by atoms with Gasteiger partial charge in [0.15, 0.2) is 5.17 Å². The molecule has 2 heterocycles. The van der Waals surface area contributed by atoms with Gasteiger partial charge in [-0.05, 0) is 31.2 Å². The molecule has 19 heavy (non-hydrogen) atoms. The third-order valence-electron chi connectivity index (χ3n) is 2.60. The molecule has 0 unspecified atom stereocenters. The molecule has 7 heteroatoms. The van der Waals surface area contributed by atoms with Crippen LogP contribution in [-0.2, 0) is 0 Å². The number of amidine groups is 1. The minimum atomic E-state index is 0.0693. The van der Waals surface area contributed by atoms with E-state index < -0.39 is 0 Å². The number of aromatic nitrogens is 3. The number of rotatable bonds is 2. The number of hydrogen-bond donors (Lipinski definition) is 2. The van der Waals surface area contributed by atoms with Crippen molar-refractivity contribution in [2.45, 2.75) is 11.8 Å². The van der Waals surface area contributed by atoms with E-state index in [0.29, 0.717) is 11.6 Å². The van der Waals surface area contributed by atoms with E-state index in [0.717, 1.165) is 16.3 Å². The van der Waals surface area contributed by atoms with Crippen molar-refractivity contribution in [3.8, 4) is 11.5 Å². The van der Waals surface area contributed by atoms with Crippen molar-refractivity contribution in [1.29, 1.82) is 5.41 Å². The first-order valence-corrected chi connectivity index (χ1v) is 6.38. The van der Waals surface area contributed by atoms with Crippen LogP contribution in [0.5, 0.6) is 0 Å². The molecular weight excluding hydrogens is 262 g/mol. The standard InChI is InChI=1S/C12H11N5OS/c1-7-15-6-10-17(7)16-11(18-10)8-2-4-9(5-3-8)19-12(13)14/h2-6H,1H3,(H3,13,14). The molecule has 2 aromatic heterocycles. The van der Waals surface area contributed by atoms with Crippen LogP contribution < -0.4 is 5.73 Å². The van der Waals surface area contributed by atoms with Crippen molar-refractivity contribution in [2.24, 2.45) is 5.73 Å². The summed E-state index contributed by atoms with van der Waals surface area (Å²) < 4.78 is 7.27. The molecule has 0 atom stereocenters. The quantitative estimate of drug-likeness (QED) is 0.424. The van der Waals surface area contributed by atoms with Crippen molar-refractivity contribution in [1.82, 2.24) is 14.6 Å². The van der Waals surface area contributed by atoms with E-state index in [1.54, 1.807) is 10.7 Å². The zero-order valence-corrected chi connectivity index (χ0v) is 10.9. The number of benzene rings is 1. The minimum absolute atomic E-state index is 0.0693. The molecule has 0 radical (unpaired) electrons. The molecule has 0 amide bonds. The summed E-state index contributed by atoms with van der Waals surface area (Å²) in [6.45, 7) is 1.87. The van der Waals surface area contributed by atoms with Gasteiger partial charge in [0.25, 0.3) is 0 Å². The first-order chi connectivity index (χ1) is 9.13. The molecule has 3 N–H and O–H groups in total. The molecule has 3 aromatic rings. The van der Waals surface area contributed by atoms with Crippen LogP contribution >= 0.6 is 11.8 Å². The van der Waals surface area contributed by atoms with Gasteiger partial charge >= 0.3 is 0 Å². The monoisotopic (exact) mass is 273 g/mol. The summed E-state index contributed by atoms with van der Waals surface area (Å²) in [6, 6.07) is 7.54. The fraction of sp³-hybridized carbons (Fsp3) is 0.0833. The highest BCUT2D eigenvalue weighted by atomic mass is 32.2. The maximum atomic E-state index is 7.23. The zero-order valence-electron chi connectivity index (χ0n) is 10.1. The van der Waals surface area contributed by atoms with E-state index >= 15 is 0 Å². The van der Waals surface area contributed by atoms with Crippen LogP contribution in [0.4, 0.5) is 0 Å². The molecule has 0 saturated heterocycles. The fourth-order valence-corrected chi connectivity index (χ4v) is 2.25. The number of thioether (sulfide) groups is 1. The molecule has 96 valence electrons. The Hall–Kier alpha value is -2.28. The summed E-state index contributed by atoms with van der Waals surface area (Å²) >= 11 is 1.21. The highest BCUT2D eigenvalue weighted by Crippen LogP contribution is 2.24. The van der Waals surface area contributed by atoms with Crippen LogP contribution in [0.25, 0.3) is 17.2 Å². The second-order valence-corrected chi connectivity index (χ2v) is 5.07. The molecule has 0 fully saturated rings. The van der Waals surface area contributed by atoms with Gasteiger partial charge in [0.1, 0.15) is 5.82 Å². The smallest absolute Gasteiger partial charge is 0.246 e. The molecule has 0 aliphatic rings. The molecule has 1 aromatic carbocycles. The summed E-state index contributed by atoms with van der Waals surface area (Å²) in [5.41, 5.74) is 6.82. The fourth-order valence-electron chi connectivity index (χ4n) is 1.73. The Kier molecular flexibility index (Phi) is 2.75. The SMILES string of the molecule is Cc1ncc2oc(-c3ccc(SC(=N)N)cc3)nn12. The van der Waals surface area contributed by atoms with E-state index in [2.05, 4.69) is 10.1 Å². The van der Waals surface area contributed by atoms with Gasteiger partial charge < -0.3 is 10.2 Å². The second kappa shape index (κ2) is 4.43. The third kappa shape index (κ3) is 2.19. The number of nitrogens with one attached hydrogen (secondary N) is 1. The van der Waals surface area contributed by atoms with Crippen LogP contribution in [0.1, 0.15) is 5.82 Å². The van der Waals surface area contributed by atoms with Crippen molar-refractivity contribution in [2.75, 3.05) is 0 Å². The lowest BCUT2D eigenvalue weighted by atomic mass is 10.2. The highest BCUT2D eigenvalue weighted by Gasteiger charge is 2.10. The Balaban J connectivity index is 1.94. The van der Waals surface area contributed by atoms with E-state index in [1.165, 1.54) is 11.8 Å². The summed E-state index contributed by atoms with van der Waals surface area (Å²) in [4.78, 5) is 5.01. The van der Waals surface area contributed by atoms with Crippen LogP contribution in [-0.4, -0.2) is 19.8 Å². The first kappa shape index (κ1) is 11.8. The molecule has 0 aliphatic heterocycles. The van der Waals surface area contributed by atoms with Crippen LogP contribution in [0.3, 0.4) is 0 Å². The third-order valence-corrected chi connectivity index (χ3v) is 3.33. The topological polar surface area (TPSA) is 93.2 Å². The van der Waals surface area contributed by atoms with Crippen molar-refractivity contribution < 1.29 is 4.42 Å². The number of imidazole rings is 1. The maximum absolute atomic E-state index is 7.23. The van der Waals surface area contributed by atoms with Gasteiger partial charge in [0.05, 0.1) is 6.20 Å². The number of hydrogen-bond acceptors (Lipinski definition) is 5. The molecule has 0 spiro atoms. The average Bonchev–Trinajstić information content (AvgIpc) is 2.92. The van der Waals surface area contributed by atoms with E-state index in [9.17, 15) is 0 Å². The van der Waals surface area contributed by atoms with Gasteiger partial charge in [-0.2, -0.15) is 4.52 Å². The minimum Gasteiger partial charge on any atom is -0.417 e. The summed E-state index contributed by atoms with van der Waals surface area (Å²) in [7, 11) is 0. The van der Waals surface area contributed by atoms with Crippen molar-refractivity contribution in [3.63, 3.8) is 0 Å². The number of nitrogens with two attached hydrogens (primary N) is 1. The average molecular weight is 273 g/mol. The lowest BCUT2D eigenvalue weighted by Gasteiger charge is -1.99. The Labute approximate surface area is 113 Å². The Bertz CT molecular complexity index is 743. The van der Waals surface area contributed by atoms with Gasteiger partial charge in [-0.1, -0.05) is 11.8 Å². The normalized spacial score (nSPS) is 11.0. The summed E-state index contributed by atoms with van der Waals surface area (Å²) in [5.74, 6) is 1.33. The van der Waals surface area contributed by atoms with Crippen LogP contribution in [0, 0.1) is 12.3 Å². The van der Waals surface area contributed by atoms with E-state index in [-0.39, 0.29) is 5.17 Å².